The molecule has 1 amide bonds. The van der Waals surface area contributed by atoms with Gasteiger partial charge in [0.05, 0.1) is 23.9 Å². The fourth-order valence-corrected chi connectivity index (χ4v) is 2.20. The molecule has 1 heterocycles. The van der Waals surface area contributed by atoms with E-state index in [2.05, 4.69) is 10.1 Å². The molecule has 136 valence electrons. The standard InChI is InChI=1S/C15H11ClFN3O6/c1-26-15(23)10-5-9(20(24)25)6-19(14(10)22)7-13(21)18-12-4-8(16)2-3-11(12)17/h2-6H,7H2,1H3,(H,18,21). The second kappa shape index (κ2) is 7.74. The molecule has 9 nitrogen and oxygen atoms in total. The average molecular weight is 384 g/mol. The number of esters is 1. The van der Waals surface area contributed by atoms with Crippen LogP contribution in [0, 0.1) is 15.9 Å². The number of amides is 1. The molecular formula is C15H11ClFN3O6. The number of methoxy groups -OCH3 is 1. The second-order valence-electron chi connectivity index (χ2n) is 4.97. The van der Waals surface area contributed by atoms with Gasteiger partial charge in [-0.15, -0.1) is 0 Å². The monoisotopic (exact) mass is 383 g/mol. The molecular weight excluding hydrogens is 373 g/mol. The highest BCUT2D eigenvalue weighted by Crippen LogP contribution is 2.19. The third-order valence-corrected chi connectivity index (χ3v) is 3.44. The van der Waals surface area contributed by atoms with E-state index >= 15 is 0 Å². The quantitative estimate of drug-likeness (QED) is 0.478. The number of hydrogen-bond acceptors (Lipinski definition) is 6. The van der Waals surface area contributed by atoms with E-state index in [9.17, 15) is 28.9 Å². The summed E-state index contributed by atoms with van der Waals surface area (Å²) in [5.41, 5.74) is -2.39. The van der Waals surface area contributed by atoms with Gasteiger partial charge in [-0.05, 0) is 18.2 Å². The molecule has 0 saturated carbocycles. The molecule has 2 aromatic rings. The third-order valence-electron chi connectivity index (χ3n) is 3.20. The molecule has 0 unspecified atom stereocenters. The van der Waals surface area contributed by atoms with Crippen LogP contribution in [-0.2, 0) is 16.1 Å². The molecule has 0 aliphatic heterocycles. The number of carbonyl (C=O) groups is 2. The number of aromatic nitrogens is 1. The Morgan fingerprint density at radius 3 is 2.69 bits per heavy atom. The van der Waals surface area contributed by atoms with E-state index in [1.165, 1.54) is 6.07 Å². The summed E-state index contributed by atoms with van der Waals surface area (Å²) in [6, 6.07) is 4.22. The van der Waals surface area contributed by atoms with Gasteiger partial charge in [0.25, 0.3) is 11.2 Å². The predicted molar refractivity (Wildman–Crippen MR) is 88.7 cm³/mol. The summed E-state index contributed by atoms with van der Waals surface area (Å²) < 4.78 is 18.7. The van der Waals surface area contributed by atoms with Crippen molar-refractivity contribution in [3.8, 4) is 0 Å². The summed E-state index contributed by atoms with van der Waals surface area (Å²) in [5.74, 6) is -2.71. The number of ether oxygens (including phenoxy) is 1. The highest BCUT2D eigenvalue weighted by Gasteiger charge is 2.21. The second-order valence-corrected chi connectivity index (χ2v) is 5.40. The van der Waals surface area contributed by atoms with Gasteiger partial charge in [-0.2, -0.15) is 0 Å². The first-order valence-electron chi connectivity index (χ1n) is 6.95. The lowest BCUT2D eigenvalue weighted by Gasteiger charge is -2.09. The highest BCUT2D eigenvalue weighted by molar-refractivity contribution is 6.30. The molecule has 0 saturated heterocycles. The Hall–Kier alpha value is -3.27. The van der Waals surface area contributed by atoms with Gasteiger partial charge < -0.3 is 10.1 Å². The molecule has 0 bridgehead atoms. The average Bonchev–Trinajstić information content (AvgIpc) is 2.59. The Labute approximate surface area is 150 Å². The van der Waals surface area contributed by atoms with Gasteiger partial charge in [0.1, 0.15) is 17.9 Å². The van der Waals surface area contributed by atoms with Crippen LogP contribution in [0.1, 0.15) is 10.4 Å². The number of rotatable bonds is 5. The van der Waals surface area contributed by atoms with Crippen molar-refractivity contribution in [2.24, 2.45) is 0 Å². The molecule has 11 heteroatoms. The van der Waals surface area contributed by atoms with E-state index in [1.54, 1.807) is 0 Å². The number of halogens is 2. The Morgan fingerprint density at radius 1 is 1.38 bits per heavy atom. The van der Waals surface area contributed by atoms with Gasteiger partial charge in [-0.3, -0.25) is 24.3 Å². The Morgan fingerprint density at radius 2 is 2.08 bits per heavy atom. The summed E-state index contributed by atoms with van der Waals surface area (Å²) in [7, 11) is 1.000. The smallest absolute Gasteiger partial charge is 0.343 e. The zero-order valence-corrected chi connectivity index (χ0v) is 13.9. The van der Waals surface area contributed by atoms with Crippen LogP contribution < -0.4 is 10.9 Å². The summed E-state index contributed by atoms with van der Waals surface area (Å²) in [6.45, 7) is -0.698. The number of anilines is 1. The maximum Gasteiger partial charge on any atom is 0.343 e. The first-order chi connectivity index (χ1) is 12.2. The van der Waals surface area contributed by atoms with Crippen LogP contribution in [0.4, 0.5) is 15.8 Å². The van der Waals surface area contributed by atoms with Gasteiger partial charge in [0, 0.05) is 11.1 Å². The van der Waals surface area contributed by atoms with E-state index in [-0.39, 0.29) is 10.7 Å². The van der Waals surface area contributed by atoms with Crippen LogP contribution in [-0.4, -0.2) is 28.5 Å². The minimum atomic E-state index is -1.09. The van der Waals surface area contributed by atoms with E-state index < -0.39 is 46.0 Å². The van der Waals surface area contributed by atoms with Crippen LogP contribution in [0.25, 0.3) is 0 Å². The van der Waals surface area contributed by atoms with Crippen molar-refractivity contribution in [3.63, 3.8) is 0 Å². The van der Waals surface area contributed by atoms with Crippen molar-refractivity contribution in [2.45, 2.75) is 6.54 Å². The van der Waals surface area contributed by atoms with E-state index in [0.717, 1.165) is 31.5 Å². The Bertz CT molecular complexity index is 959. The molecule has 0 atom stereocenters. The predicted octanol–water partition coefficient (Wildman–Crippen LogP) is 1.97. The lowest BCUT2D eigenvalue weighted by Crippen LogP contribution is -2.31. The minimum Gasteiger partial charge on any atom is -0.465 e. The van der Waals surface area contributed by atoms with Crippen molar-refractivity contribution in [1.82, 2.24) is 4.57 Å². The first kappa shape index (κ1) is 19.1. The first-order valence-corrected chi connectivity index (χ1v) is 7.33. The number of nitrogens with one attached hydrogen (secondary N) is 1. The number of nitro groups is 1. The topological polar surface area (TPSA) is 121 Å². The molecule has 0 fully saturated rings. The molecule has 0 aliphatic carbocycles. The summed E-state index contributed by atoms with van der Waals surface area (Å²) in [4.78, 5) is 46.0. The number of pyridine rings is 1. The van der Waals surface area contributed by atoms with E-state index in [1.807, 2.05) is 0 Å². The number of benzene rings is 1. The molecule has 0 spiro atoms. The molecule has 1 aromatic carbocycles. The molecule has 2 rings (SSSR count). The van der Waals surface area contributed by atoms with E-state index in [4.69, 9.17) is 11.6 Å². The van der Waals surface area contributed by atoms with E-state index in [0.29, 0.717) is 4.57 Å². The Balaban J connectivity index is 2.35. The van der Waals surface area contributed by atoms with Crippen molar-refractivity contribution >= 4 is 34.9 Å². The van der Waals surface area contributed by atoms with Gasteiger partial charge in [0.2, 0.25) is 5.91 Å². The molecule has 1 N–H and O–H groups in total. The summed E-state index contributed by atoms with van der Waals surface area (Å²) >= 11 is 5.71. The fraction of sp³-hybridized carbons (Fsp3) is 0.133. The molecule has 26 heavy (non-hydrogen) atoms. The van der Waals surface area contributed by atoms with Crippen molar-refractivity contribution in [3.05, 3.63) is 67.3 Å². The number of carbonyl (C=O) groups excluding carboxylic acids is 2. The van der Waals surface area contributed by atoms with Crippen LogP contribution >= 0.6 is 11.6 Å². The normalized spacial score (nSPS) is 10.3. The van der Waals surface area contributed by atoms with Gasteiger partial charge in [-0.25, -0.2) is 9.18 Å². The Kier molecular flexibility index (Phi) is 5.68. The lowest BCUT2D eigenvalue weighted by atomic mass is 10.2. The van der Waals surface area contributed by atoms with Crippen LogP contribution in [0.3, 0.4) is 0 Å². The van der Waals surface area contributed by atoms with Crippen molar-refractivity contribution in [2.75, 3.05) is 12.4 Å². The van der Waals surface area contributed by atoms with Crippen LogP contribution in [0.15, 0.2) is 35.3 Å². The molecule has 1 aromatic heterocycles. The summed E-state index contributed by atoms with van der Waals surface area (Å²) in [6.07, 6.45) is 0.794. The minimum absolute atomic E-state index is 0.169. The SMILES string of the molecule is COC(=O)c1cc([N+](=O)[O-])cn(CC(=O)Nc2cc(Cl)ccc2F)c1=O. The van der Waals surface area contributed by atoms with Crippen molar-refractivity contribution in [1.29, 1.82) is 0 Å². The fourth-order valence-electron chi connectivity index (χ4n) is 2.03. The summed E-state index contributed by atoms with van der Waals surface area (Å²) in [5, 5.41) is 13.3. The third kappa shape index (κ3) is 4.22. The van der Waals surface area contributed by atoms with Crippen LogP contribution in [0.2, 0.25) is 5.02 Å². The lowest BCUT2D eigenvalue weighted by molar-refractivity contribution is -0.385. The van der Waals surface area contributed by atoms with Gasteiger partial charge >= 0.3 is 5.97 Å². The highest BCUT2D eigenvalue weighted by atomic mass is 35.5. The maximum absolute atomic E-state index is 13.6. The van der Waals surface area contributed by atoms with Gasteiger partial charge in [0.15, 0.2) is 0 Å². The number of hydrogen-bond donors (Lipinski definition) is 1. The van der Waals surface area contributed by atoms with Crippen molar-refractivity contribution < 1.29 is 23.6 Å². The zero-order valence-electron chi connectivity index (χ0n) is 13.2. The van der Waals surface area contributed by atoms with Gasteiger partial charge in [-0.1, -0.05) is 11.6 Å². The molecule has 0 aliphatic rings. The number of nitrogens with zero attached hydrogens (tertiary/aromatic N) is 2. The largest absolute Gasteiger partial charge is 0.465 e. The maximum atomic E-state index is 13.6. The zero-order chi connectivity index (χ0) is 19.4. The van der Waals surface area contributed by atoms with Crippen LogP contribution in [0.5, 0.6) is 0 Å². The molecule has 0 radical (unpaired) electrons.